The van der Waals surface area contributed by atoms with Crippen LogP contribution in [0, 0.1) is 0 Å². The molecule has 5 nitrogen and oxygen atoms in total. The molecule has 1 amide bonds. The number of benzene rings is 1. The van der Waals surface area contributed by atoms with Gasteiger partial charge in [0, 0.05) is 0 Å². The number of rotatable bonds is 5. The minimum Gasteiger partial charge on any atom is -0.341 e. The second-order valence-electron chi connectivity index (χ2n) is 3.30. The summed E-state index contributed by atoms with van der Waals surface area (Å²) in [7, 11) is 0. The molecule has 0 fully saturated rings. The summed E-state index contributed by atoms with van der Waals surface area (Å²) in [5.41, 5.74) is 6.60. The summed E-state index contributed by atoms with van der Waals surface area (Å²) in [4.78, 5) is 11.4. The maximum absolute atomic E-state index is 11.4. The van der Waals surface area contributed by atoms with Crippen molar-refractivity contribution in [2.45, 2.75) is 12.5 Å². The van der Waals surface area contributed by atoms with E-state index in [1.54, 1.807) is 0 Å². The van der Waals surface area contributed by atoms with Crippen LogP contribution in [-0.4, -0.2) is 26.6 Å². The quantitative estimate of drug-likeness (QED) is 0.626. The van der Waals surface area contributed by atoms with E-state index in [-0.39, 0.29) is 5.88 Å². The van der Waals surface area contributed by atoms with Gasteiger partial charge in [0.25, 0.3) is 0 Å². The number of nitrogens with one attached hydrogen (secondary N) is 1. The van der Waals surface area contributed by atoms with Gasteiger partial charge < -0.3 is 15.6 Å². The first kappa shape index (κ1) is 12.8. The third-order valence-corrected chi connectivity index (χ3v) is 2.40. The fraction of sp³-hybridized carbons (Fsp3) is 0.300. The molecule has 16 heavy (non-hydrogen) atoms. The second-order valence-corrected chi connectivity index (χ2v) is 4.23. The van der Waals surface area contributed by atoms with Crippen molar-refractivity contribution in [1.29, 1.82) is 0 Å². The predicted molar refractivity (Wildman–Crippen MR) is 61.9 cm³/mol. The summed E-state index contributed by atoms with van der Waals surface area (Å²) in [5, 5.41) is 2.29. The van der Waals surface area contributed by atoms with Gasteiger partial charge in [0.15, 0.2) is 11.1 Å². The minimum atomic E-state index is -2.04. The maximum atomic E-state index is 11.4. The SMILES string of the molecule is N[C@@H](Cc1ccccc1)C(=O)NCS(=O)O. The zero-order valence-corrected chi connectivity index (χ0v) is 9.44. The number of hydrogen-bond acceptors (Lipinski definition) is 3. The second kappa shape index (κ2) is 6.37. The molecule has 0 heterocycles. The third-order valence-electron chi connectivity index (χ3n) is 2.01. The number of carbonyl (C=O) groups excluding carboxylic acids is 1. The van der Waals surface area contributed by atoms with Gasteiger partial charge in [0.05, 0.1) is 6.04 Å². The Hall–Kier alpha value is -1.24. The van der Waals surface area contributed by atoms with E-state index in [0.717, 1.165) is 5.56 Å². The van der Waals surface area contributed by atoms with Crippen molar-refractivity contribution in [1.82, 2.24) is 5.32 Å². The van der Waals surface area contributed by atoms with Gasteiger partial charge in [-0.1, -0.05) is 30.3 Å². The molecule has 0 bridgehead atoms. The Morgan fingerprint density at radius 3 is 2.62 bits per heavy atom. The first-order valence-electron chi connectivity index (χ1n) is 4.74. The van der Waals surface area contributed by atoms with Gasteiger partial charge in [0.1, 0.15) is 5.88 Å². The number of carbonyl (C=O) groups is 1. The Morgan fingerprint density at radius 1 is 1.44 bits per heavy atom. The lowest BCUT2D eigenvalue weighted by atomic mass is 10.1. The Bertz CT molecular complexity index is 370. The molecule has 0 spiro atoms. The topological polar surface area (TPSA) is 92.4 Å². The molecule has 1 aromatic carbocycles. The predicted octanol–water partition coefficient (Wildman–Crippen LogP) is -0.148. The lowest BCUT2D eigenvalue weighted by Gasteiger charge is -2.11. The van der Waals surface area contributed by atoms with E-state index >= 15 is 0 Å². The summed E-state index contributed by atoms with van der Waals surface area (Å²) < 4.78 is 18.8. The number of amides is 1. The molecule has 0 aliphatic heterocycles. The highest BCUT2D eigenvalue weighted by atomic mass is 32.2. The molecular formula is C10H14N2O3S. The molecule has 1 aromatic rings. The molecular weight excluding hydrogens is 228 g/mol. The van der Waals surface area contributed by atoms with E-state index in [0.29, 0.717) is 6.42 Å². The van der Waals surface area contributed by atoms with Crippen LogP contribution in [0.1, 0.15) is 5.56 Å². The average Bonchev–Trinajstić information content (AvgIpc) is 2.27. The fourth-order valence-electron chi connectivity index (χ4n) is 1.22. The van der Waals surface area contributed by atoms with Gasteiger partial charge in [-0.25, -0.2) is 4.21 Å². The molecule has 0 aliphatic rings. The monoisotopic (exact) mass is 242 g/mol. The van der Waals surface area contributed by atoms with Gasteiger partial charge in [-0.15, -0.1) is 0 Å². The molecule has 88 valence electrons. The van der Waals surface area contributed by atoms with E-state index in [9.17, 15) is 9.00 Å². The van der Waals surface area contributed by atoms with Crippen LogP contribution in [0.25, 0.3) is 0 Å². The van der Waals surface area contributed by atoms with Crippen LogP contribution in [0.2, 0.25) is 0 Å². The molecule has 0 saturated heterocycles. The van der Waals surface area contributed by atoms with Crippen LogP contribution in [0.3, 0.4) is 0 Å². The van der Waals surface area contributed by atoms with Gasteiger partial charge in [-0.05, 0) is 12.0 Å². The summed E-state index contributed by atoms with van der Waals surface area (Å²) in [6.45, 7) is 0. The zero-order valence-electron chi connectivity index (χ0n) is 8.63. The largest absolute Gasteiger partial charge is 0.341 e. The van der Waals surface area contributed by atoms with E-state index in [1.807, 2.05) is 30.3 Å². The number of nitrogens with two attached hydrogens (primary N) is 1. The zero-order chi connectivity index (χ0) is 12.0. The molecule has 2 atom stereocenters. The summed E-state index contributed by atoms with van der Waals surface area (Å²) in [5.74, 6) is -0.715. The van der Waals surface area contributed by atoms with Crippen molar-refractivity contribution in [2.75, 3.05) is 5.88 Å². The minimum absolute atomic E-state index is 0.290. The average molecular weight is 242 g/mol. The molecule has 0 aliphatic carbocycles. The van der Waals surface area contributed by atoms with Crippen LogP contribution < -0.4 is 11.1 Å². The van der Waals surface area contributed by atoms with Crippen LogP contribution >= 0.6 is 0 Å². The highest BCUT2D eigenvalue weighted by molar-refractivity contribution is 7.79. The lowest BCUT2D eigenvalue weighted by molar-refractivity contribution is -0.122. The van der Waals surface area contributed by atoms with Crippen molar-refractivity contribution in [3.63, 3.8) is 0 Å². The van der Waals surface area contributed by atoms with Crippen molar-refractivity contribution in [3.05, 3.63) is 35.9 Å². The smallest absolute Gasteiger partial charge is 0.238 e. The highest BCUT2D eigenvalue weighted by Crippen LogP contribution is 2.01. The van der Waals surface area contributed by atoms with E-state index < -0.39 is 23.0 Å². The lowest BCUT2D eigenvalue weighted by Crippen LogP contribution is -2.43. The third kappa shape index (κ3) is 4.52. The molecule has 0 aromatic heterocycles. The van der Waals surface area contributed by atoms with Crippen molar-refractivity contribution < 1.29 is 13.6 Å². The van der Waals surface area contributed by atoms with Crippen molar-refractivity contribution >= 4 is 17.0 Å². The normalized spacial score (nSPS) is 14.1. The summed E-state index contributed by atoms with van der Waals surface area (Å²) >= 11 is -2.04. The van der Waals surface area contributed by atoms with Gasteiger partial charge in [-0.3, -0.25) is 4.79 Å². The highest BCUT2D eigenvalue weighted by Gasteiger charge is 2.13. The fourth-order valence-corrected chi connectivity index (χ4v) is 1.49. The molecule has 0 radical (unpaired) electrons. The van der Waals surface area contributed by atoms with Gasteiger partial charge in [0.2, 0.25) is 5.91 Å². The maximum Gasteiger partial charge on any atom is 0.238 e. The van der Waals surface area contributed by atoms with Crippen LogP contribution in [0.15, 0.2) is 30.3 Å². The molecule has 6 heteroatoms. The molecule has 4 N–H and O–H groups in total. The van der Waals surface area contributed by atoms with Crippen molar-refractivity contribution in [3.8, 4) is 0 Å². The Labute approximate surface area is 96.3 Å². The van der Waals surface area contributed by atoms with Crippen LogP contribution in [0.5, 0.6) is 0 Å². The molecule has 0 saturated carbocycles. The Balaban J connectivity index is 2.43. The molecule has 1 unspecified atom stereocenters. The summed E-state index contributed by atoms with van der Waals surface area (Å²) in [6, 6.07) is 8.65. The Kier molecular flexibility index (Phi) is 5.10. The van der Waals surface area contributed by atoms with Gasteiger partial charge >= 0.3 is 0 Å². The standard InChI is InChI=1S/C10H14N2O3S/c11-9(10(13)12-7-16(14)15)6-8-4-2-1-3-5-8/h1-5,9H,6-7,11H2,(H,12,13)(H,14,15)/t9-/m0/s1. The van der Waals surface area contributed by atoms with Gasteiger partial charge in [-0.2, -0.15) is 0 Å². The summed E-state index contributed by atoms with van der Waals surface area (Å²) in [6.07, 6.45) is 0.407. The van der Waals surface area contributed by atoms with Crippen LogP contribution in [-0.2, 0) is 22.3 Å². The van der Waals surface area contributed by atoms with E-state index in [1.165, 1.54) is 0 Å². The first-order chi connectivity index (χ1) is 7.59. The Morgan fingerprint density at radius 2 is 2.06 bits per heavy atom. The van der Waals surface area contributed by atoms with Crippen molar-refractivity contribution in [2.24, 2.45) is 5.73 Å². The van der Waals surface area contributed by atoms with Crippen LogP contribution in [0.4, 0.5) is 0 Å². The van der Waals surface area contributed by atoms with E-state index in [4.69, 9.17) is 10.3 Å². The first-order valence-corrected chi connectivity index (χ1v) is 6.02. The molecule has 1 rings (SSSR count). The van der Waals surface area contributed by atoms with E-state index in [2.05, 4.69) is 5.32 Å². The number of hydrogen-bond donors (Lipinski definition) is 3.